The van der Waals surface area contributed by atoms with Crippen molar-refractivity contribution in [2.24, 2.45) is 0 Å². The Bertz CT molecular complexity index is 590. The molecule has 3 nitrogen and oxygen atoms in total. The number of alkyl halides is 1. The van der Waals surface area contributed by atoms with Gasteiger partial charge in [-0.05, 0) is 11.6 Å². The second-order valence-electron chi connectivity index (χ2n) is 4.43. The van der Waals surface area contributed by atoms with E-state index in [0.717, 1.165) is 5.56 Å². The van der Waals surface area contributed by atoms with Crippen LogP contribution in [0.15, 0.2) is 54.6 Å². The molecule has 0 heterocycles. The van der Waals surface area contributed by atoms with Crippen molar-refractivity contribution in [1.82, 2.24) is 5.32 Å². The molecule has 1 atom stereocenters. The van der Waals surface area contributed by atoms with E-state index in [4.69, 9.17) is 4.74 Å². The molecule has 110 valence electrons. The zero-order valence-corrected chi connectivity index (χ0v) is 11.3. The van der Waals surface area contributed by atoms with Crippen molar-refractivity contribution in [2.75, 3.05) is 6.67 Å². The van der Waals surface area contributed by atoms with E-state index in [1.165, 1.54) is 18.2 Å². The Labute approximate surface area is 121 Å². The summed E-state index contributed by atoms with van der Waals surface area (Å²) in [5, 5.41) is 2.32. The molecule has 1 N–H and O–H groups in total. The molecule has 1 amide bonds. The fraction of sp³-hybridized carbons (Fsp3) is 0.188. The maximum absolute atomic E-state index is 13.6. The Morgan fingerprint density at radius 3 is 2.43 bits per heavy atom. The van der Waals surface area contributed by atoms with Crippen LogP contribution >= 0.6 is 0 Å². The van der Waals surface area contributed by atoms with Gasteiger partial charge >= 0.3 is 6.09 Å². The van der Waals surface area contributed by atoms with E-state index in [9.17, 15) is 13.6 Å². The van der Waals surface area contributed by atoms with Crippen molar-refractivity contribution >= 4 is 6.09 Å². The minimum Gasteiger partial charge on any atom is -0.445 e. The van der Waals surface area contributed by atoms with E-state index in [0.29, 0.717) is 0 Å². The predicted molar refractivity (Wildman–Crippen MR) is 74.9 cm³/mol. The third kappa shape index (κ3) is 4.27. The maximum Gasteiger partial charge on any atom is 0.408 e. The molecule has 0 fully saturated rings. The Kier molecular flexibility index (Phi) is 5.26. The first-order valence-corrected chi connectivity index (χ1v) is 6.48. The van der Waals surface area contributed by atoms with Gasteiger partial charge in [0.15, 0.2) is 0 Å². The van der Waals surface area contributed by atoms with Crippen LogP contribution < -0.4 is 5.32 Å². The third-order valence-corrected chi connectivity index (χ3v) is 2.94. The minimum absolute atomic E-state index is 0.0724. The Morgan fingerprint density at radius 1 is 1.10 bits per heavy atom. The van der Waals surface area contributed by atoms with Gasteiger partial charge in [0.2, 0.25) is 0 Å². The van der Waals surface area contributed by atoms with E-state index in [1.807, 2.05) is 18.2 Å². The van der Waals surface area contributed by atoms with Gasteiger partial charge in [0.05, 0.1) is 6.04 Å². The molecule has 0 radical (unpaired) electrons. The Balaban J connectivity index is 1.93. The van der Waals surface area contributed by atoms with E-state index < -0.39 is 24.6 Å². The van der Waals surface area contributed by atoms with E-state index >= 15 is 0 Å². The molecule has 0 spiro atoms. The SMILES string of the molecule is O=C(NC(CF)c1ccccc1F)OCc1ccccc1. The lowest BCUT2D eigenvalue weighted by atomic mass is 10.1. The highest BCUT2D eigenvalue weighted by molar-refractivity contribution is 5.68. The second-order valence-corrected chi connectivity index (χ2v) is 4.43. The number of hydrogen-bond donors (Lipinski definition) is 1. The molecular formula is C16H15F2NO2. The minimum atomic E-state index is -1.06. The number of halogens is 2. The van der Waals surface area contributed by atoms with Crippen LogP contribution in [0, 0.1) is 5.82 Å². The zero-order chi connectivity index (χ0) is 15.1. The molecule has 2 aromatic carbocycles. The van der Waals surface area contributed by atoms with Gasteiger partial charge in [-0.1, -0.05) is 48.5 Å². The van der Waals surface area contributed by atoms with Gasteiger partial charge in [-0.15, -0.1) is 0 Å². The van der Waals surface area contributed by atoms with Crippen LogP contribution in [0.25, 0.3) is 0 Å². The number of ether oxygens (including phenoxy) is 1. The maximum atomic E-state index is 13.6. The highest BCUT2D eigenvalue weighted by Gasteiger charge is 2.18. The van der Waals surface area contributed by atoms with Crippen molar-refractivity contribution in [1.29, 1.82) is 0 Å². The number of hydrogen-bond acceptors (Lipinski definition) is 2. The van der Waals surface area contributed by atoms with E-state index in [2.05, 4.69) is 5.32 Å². The number of amides is 1. The largest absolute Gasteiger partial charge is 0.445 e. The van der Waals surface area contributed by atoms with Crippen molar-refractivity contribution < 1.29 is 18.3 Å². The standard InChI is InChI=1S/C16H15F2NO2/c17-10-15(13-8-4-5-9-14(13)18)19-16(20)21-11-12-6-2-1-3-7-12/h1-9,15H,10-11H2,(H,19,20). The molecule has 21 heavy (non-hydrogen) atoms. The first kappa shape index (κ1) is 15.0. The fourth-order valence-corrected chi connectivity index (χ4v) is 1.86. The summed E-state index contributed by atoms with van der Waals surface area (Å²) in [6, 6.07) is 13.8. The van der Waals surface area contributed by atoms with Gasteiger partial charge < -0.3 is 10.1 Å². The van der Waals surface area contributed by atoms with Crippen molar-refractivity contribution in [3.05, 3.63) is 71.5 Å². The molecule has 0 bridgehead atoms. The zero-order valence-electron chi connectivity index (χ0n) is 11.3. The van der Waals surface area contributed by atoms with E-state index in [1.54, 1.807) is 18.2 Å². The normalized spacial score (nSPS) is 11.7. The number of carbonyl (C=O) groups excluding carboxylic acids is 1. The highest BCUT2D eigenvalue weighted by Crippen LogP contribution is 2.17. The van der Waals surface area contributed by atoms with Crippen LogP contribution in [0.1, 0.15) is 17.2 Å². The molecule has 0 saturated heterocycles. The van der Waals surface area contributed by atoms with Gasteiger partial charge in [0.25, 0.3) is 0 Å². The summed E-state index contributed by atoms with van der Waals surface area (Å²) in [5.41, 5.74) is 0.909. The van der Waals surface area contributed by atoms with Crippen LogP contribution in [-0.2, 0) is 11.3 Å². The average molecular weight is 291 g/mol. The first-order valence-electron chi connectivity index (χ1n) is 6.48. The van der Waals surface area contributed by atoms with Crippen molar-refractivity contribution in [3.63, 3.8) is 0 Å². The van der Waals surface area contributed by atoms with Gasteiger partial charge in [-0.2, -0.15) is 0 Å². The van der Waals surface area contributed by atoms with Crippen molar-refractivity contribution in [3.8, 4) is 0 Å². The van der Waals surface area contributed by atoms with Gasteiger partial charge in [-0.3, -0.25) is 0 Å². The van der Waals surface area contributed by atoms with Crippen LogP contribution in [-0.4, -0.2) is 12.8 Å². The molecule has 0 aliphatic rings. The predicted octanol–water partition coefficient (Wildman–Crippen LogP) is 3.76. The van der Waals surface area contributed by atoms with Gasteiger partial charge in [-0.25, -0.2) is 13.6 Å². The summed E-state index contributed by atoms with van der Waals surface area (Å²) in [6.45, 7) is -0.843. The lowest BCUT2D eigenvalue weighted by Gasteiger charge is -2.16. The smallest absolute Gasteiger partial charge is 0.408 e. The average Bonchev–Trinajstić information content (AvgIpc) is 2.52. The Hall–Kier alpha value is -2.43. The summed E-state index contributed by atoms with van der Waals surface area (Å²) in [6.07, 6.45) is -0.787. The Morgan fingerprint density at radius 2 is 1.76 bits per heavy atom. The van der Waals surface area contributed by atoms with Crippen LogP contribution in [0.3, 0.4) is 0 Å². The number of alkyl carbamates (subject to hydrolysis) is 1. The summed E-state index contributed by atoms with van der Waals surface area (Å²) >= 11 is 0. The second kappa shape index (κ2) is 7.38. The molecule has 2 rings (SSSR count). The first-order chi connectivity index (χ1) is 10.2. The molecule has 1 unspecified atom stereocenters. The van der Waals surface area contributed by atoms with Crippen LogP contribution in [0.4, 0.5) is 13.6 Å². The summed E-state index contributed by atoms with van der Waals surface area (Å²) in [4.78, 5) is 11.6. The third-order valence-electron chi connectivity index (χ3n) is 2.94. The molecule has 5 heteroatoms. The number of rotatable bonds is 5. The molecule has 2 aromatic rings. The topological polar surface area (TPSA) is 38.3 Å². The lowest BCUT2D eigenvalue weighted by Crippen LogP contribution is -2.30. The van der Waals surface area contributed by atoms with E-state index in [-0.39, 0.29) is 12.2 Å². The highest BCUT2D eigenvalue weighted by atomic mass is 19.1. The monoisotopic (exact) mass is 291 g/mol. The molecular weight excluding hydrogens is 276 g/mol. The fourth-order valence-electron chi connectivity index (χ4n) is 1.86. The molecule has 0 saturated carbocycles. The molecule has 0 aliphatic carbocycles. The molecule has 0 aliphatic heterocycles. The van der Waals surface area contributed by atoms with Gasteiger partial charge in [0, 0.05) is 5.56 Å². The number of carbonyl (C=O) groups is 1. The number of benzene rings is 2. The summed E-state index contributed by atoms with van der Waals surface area (Å²) < 4.78 is 31.6. The molecule has 0 aromatic heterocycles. The lowest BCUT2D eigenvalue weighted by molar-refractivity contribution is 0.133. The number of nitrogens with one attached hydrogen (secondary N) is 1. The van der Waals surface area contributed by atoms with Crippen LogP contribution in [0.2, 0.25) is 0 Å². The van der Waals surface area contributed by atoms with Gasteiger partial charge in [0.1, 0.15) is 19.1 Å². The summed E-state index contributed by atoms with van der Waals surface area (Å²) in [5.74, 6) is -0.566. The van der Waals surface area contributed by atoms with Crippen LogP contribution in [0.5, 0.6) is 0 Å². The summed E-state index contributed by atoms with van der Waals surface area (Å²) in [7, 11) is 0. The van der Waals surface area contributed by atoms with Crippen molar-refractivity contribution in [2.45, 2.75) is 12.6 Å². The quantitative estimate of drug-likeness (QED) is 0.910.